The van der Waals surface area contributed by atoms with Crippen LogP contribution in [0, 0.1) is 11.8 Å². The lowest BCUT2D eigenvalue weighted by Crippen LogP contribution is -2.34. The Morgan fingerprint density at radius 1 is 0.655 bits per heavy atom. The van der Waals surface area contributed by atoms with Crippen molar-refractivity contribution in [3.05, 3.63) is 0 Å². The Hall–Kier alpha value is -1.80. The molecular weight excluding hydrogens is 376 g/mol. The van der Waals surface area contributed by atoms with E-state index in [0.717, 1.165) is 0 Å². The number of carbonyl (C=O) groups excluding carboxylic acids is 4. The first-order chi connectivity index (χ1) is 12.8. The highest BCUT2D eigenvalue weighted by atomic mass is 16.5. The average Bonchev–Trinajstić information content (AvgIpc) is 2.64. The van der Waals surface area contributed by atoms with Crippen LogP contribution in [0.1, 0.15) is 48.0 Å². The largest absolute Gasteiger partial charge is 0.469 e. The Balaban J connectivity index is -0.000000451. The zero-order chi connectivity index (χ0) is 22.6. The lowest BCUT2D eigenvalue weighted by molar-refractivity contribution is -0.147. The van der Waals surface area contributed by atoms with Crippen LogP contribution >= 0.6 is 0 Å². The van der Waals surface area contributed by atoms with Crippen LogP contribution in [0.5, 0.6) is 0 Å². The first kappa shape index (κ1) is 31.9. The highest BCUT2D eigenvalue weighted by Gasteiger charge is 2.23. The summed E-state index contributed by atoms with van der Waals surface area (Å²) >= 11 is 0. The van der Waals surface area contributed by atoms with Crippen molar-refractivity contribution in [3.63, 3.8) is 0 Å². The number of esters is 2. The maximum atomic E-state index is 11.6. The maximum Gasteiger partial charge on any atom is 0.308 e. The number of hydrogen-bond donors (Lipinski definition) is 0. The van der Waals surface area contributed by atoms with Crippen molar-refractivity contribution in [2.75, 3.05) is 42.4 Å². The van der Waals surface area contributed by atoms with E-state index in [0.29, 0.717) is 0 Å². The molecule has 0 aromatic rings. The van der Waals surface area contributed by atoms with Crippen molar-refractivity contribution in [3.8, 4) is 0 Å². The molecule has 0 rings (SSSR count). The molecule has 0 aliphatic carbocycles. The van der Waals surface area contributed by atoms with E-state index in [2.05, 4.69) is 9.47 Å². The van der Waals surface area contributed by atoms with E-state index in [1.807, 2.05) is 51.8 Å². The smallest absolute Gasteiger partial charge is 0.308 e. The molecule has 0 spiro atoms. The predicted octanol–water partition coefficient (Wildman–Crippen LogP) is 2.05. The minimum absolute atomic E-state index is 0. The molecule has 0 aromatic heterocycles. The number of Topliss-reactive ketones (excluding diaryl/α,β-unsaturated/α-hetero) is 2. The van der Waals surface area contributed by atoms with Gasteiger partial charge in [-0.15, -0.1) is 0 Å². The molecule has 0 aliphatic rings. The average molecular weight is 419 g/mol. The molecular formula is C21H42N2O6. The summed E-state index contributed by atoms with van der Waals surface area (Å²) in [5, 5.41) is 0. The lowest BCUT2D eigenvalue weighted by atomic mass is 10.0. The molecule has 0 amide bonds. The van der Waals surface area contributed by atoms with Crippen LogP contribution in [0.4, 0.5) is 0 Å². The molecule has 0 fully saturated rings. The first-order valence-electron chi connectivity index (χ1n) is 9.33. The van der Waals surface area contributed by atoms with Gasteiger partial charge >= 0.3 is 11.9 Å². The van der Waals surface area contributed by atoms with Gasteiger partial charge in [0.2, 0.25) is 0 Å². The molecule has 29 heavy (non-hydrogen) atoms. The van der Waals surface area contributed by atoms with Gasteiger partial charge in [-0.1, -0.05) is 21.3 Å². The molecule has 0 radical (unpaired) electrons. The quantitative estimate of drug-likeness (QED) is 0.498. The van der Waals surface area contributed by atoms with Crippen LogP contribution < -0.4 is 0 Å². The summed E-state index contributed by atoms with van der Waals surface area (Å²) in [5.74, 6) is -1.24. The van der Waals surface area contributed by atoms with Gasteiger partial charge in [-0.05, 0) is 42.0 Å². The van der Waals surface area contributed by atoms with Crippen LogP contribution in [0.3, 0.4) is 0 Å². The van der Waals surface area contributed by atoms with Crippen molar-refractivity contribution < 1.29 is 28.7 Å². The molecule has 172 valence electrons. The second-order valence-corrected chi connectivity index (χ2v) is 7.47. The molecule has 0 bridgehead atoms. The molecule has 0 saturated carbocycles. The summed E-state index contributed by atoms with van der Waals surface area (Å²) in [6.45, 7) is 7.05. The normalized spacial score (nSPS) is 14.5. The minimum Gasteiger partial charge on any atom is -0.469 e. The fraction of sp³-hybridized carbons (Fsp3) is 0.810. The number of ketones is 2. The Bertz CT molecular complexity index is 473. The van der Waals surface area contributed by atoms with E-state index in [-0.39, 0.29) is 67.7 Å². The molecule has 2 unspecified atom stereocenters. The Morgan fingerprint density at radius 2 is 0.897 bits per heavy atom. The topological polar surface area (TPSA) is 93.2 Å². The fourth-order valence-corrected chi connectivity index (χ4v) is 2.09. The van der Waals surface area contributed by atoms with Crippen molar-refractivity contribution in [2.24, 2.45) is 11.8 Å². The van der Waals surface area contributed by atoms with Gasteiger partial charge < -0.3 is 9.47 Å². The minimum atomic E-state index is -0.352. The molecule has 4 atom stereocenters. The third kappa shape index (κ3) is 13.1. The molecule has 0 saturated heterocycles. The van der Waals surface area contributed by atoms with Crippen LogP contribution in [-0.2, 0) is 28.7 Å². The van der Waals surface area contributed by atoms with Crippen LogP contribution in [0.15, 0.2) is 0 Å². The van der Waals surface area contributed by atoms with Gasteiger partial charge in [0.05, 0.1) is 38.1 Å². The van der Waals surface area contributed by atoms with E-state index >= 15 is 0 Å². The van der Waals surface area contributed by atoms with Gasteiger partial charge in [0.1, 0.15) is 0 Å². The Kier molecular flexibility index (Phi) is 17.6. The fourth-order valence-electron chi connectivity index (χ4n) is 2.09. The van der Waals surface area contributed by atoms with Gasteiger partial charge in [-0.3, -0.25) is 29.0 Å². The van der Waals surface area contributed by atoms with E-state index in [4.69, 9.17) is 0 Å². The Morgan fingerprint density at radius 3 is 1.07 bits per heavy atom. The van der Waals surface area contributed by atoms with Gasteiger partial charge in [0, 0.05) is 12.8 Å². The summed E-state index contributed by atoms with van der Waals surface area (Å²) in [5.41, 5.74) is 0. The van der Waals surface area contributed by atoms with Gasteiger partial charge in [0.15, 0.2) is 11.6 Å². The van der Waals surface area contributed by atoms with Crippen molar-refractivity contribution >= 4 is 23.5 Å². The summed E-state index contributed by atoms with van der Waals surface area (Å²) in [6.07, 6.45) is 0.484. The second-order valence-electron chi connectivity index (χ2n) is 7.47. The highest BCUT2D eigenvalue weighted by Crippen LogP contribution is 2.09. The SMILES string of the molecule is C.COC(=O)[C@@H](C)CC(=O)C(C)N(C)C.COC(=O)[C@H](C)CC(=O)C(C)N(C)C. The van der Waals surface area contributed by atoms with Gasteiger partial charge in [-0.25, -0.2) is 0 Å². The van der Waals surface area contributed by atoms with Crippen LogP contribution in [0.2, 0.25) is 0 Å². The zero-order valence-corrected chi connectivity index (χ0v) is 19.1. The van der Waals surface area contributed by atoms with Gasteiger partial charge in [-0.2, -0.15) is 0 Å². The maximum absolute atomic E-state index is 11.6. The highest BCUT2D eigenvalue weighted by molar-refractivity contribution is 5.88. The van der Waals surface area contributed by atoms with Crippen molar-refractivity contribution in [1.82, 2.24) is 9.80 Å². The summed E-state index contributed by atoms with van der Waals surface area (Å²) in [6, 6.07) is -0.302. The molecule has 0 N–H and O–H groups in total. The van der Waals surface area contributed by atoms with Gasteiger partial charge in [0.25, 0.3) is 0 Å². The monoisotopic (exact) mass is 418 g/mol. The predicted molar refractivity (Wildman–Crippen MR) is 115 cm³/mol. The van der Waals surface area contributed by atoms with E-state index in [1.165, 1.54) is 14.2 Å². The van der Waals surface area contributed by atoms with E-state index < -0.39 is 0 Å². The summed E-state index contributed by atoms with van der Waals surface area (Å²) in [4.78, 5) is 48.9. The lowest BCUT2D eigenvalue weighted by Gasteiger charge is -2.19. The number of ether oxygens (including phenoxy) is 2. The second kappa shape index (κ2) is 16.0. The first-order valence-corrected chi connectivity index (χ1v) is 9.33. The summed E-state index contributed by atoms with van der Waals surface area (Å²) in [7, 11) is 10.0. The van der Waals surface area contributed by atoms with Crippen LogP contribution in [-0.4, -0.2) is 87.8 Å². The molecule has 8 nitrogen and oxygen atoms in total. The molecule has 8 heteroatoms. The van der Waals surface area contributed by atoms with Crippen LogP contribution in [0.25, 0.3) is 0 Å². The van der Waals surface area contributed by atoms with E-state index in [9.17, 15) is 19.2 Å². The molecule has 0 aliphatic heterocycles. The number of rotatable bonds is 10. The number of hydrogen-bond acceptors (Lipinski definition) is 8. The summed E-state index contributed by atoms with van der Waals surface area (Å²) < 4.78 is 9.10. The number of likely N-dealkylation sites (N-methyl/N-ethyl adjacent to an activating group) is 2. The standard InChI is InChI=1S/2C10H19NO3.CH4/c2*1-7(10(13)14-5)6-9(12)8(2)11(3)4;/h2*7-8H,6H2,1-5H3;1H4/t2*7-,8?;/m10./s1. The van der Waals surface area contributed by atoms with Crippen molar-refractivity contribution in [1.29, 1.82) is 0 Å². The number of nitrogens with zero attached hydrogens (tertiary/aromatic N) is 2. The number of methoxy groups -OCH3 is 2. The third-order valence-electron chi connectivity index (χ3n) is 4.70. The van der Waals surface area contributed by atoms with Crippen molar-refractivity contribution in [2.45, 2.75) is 60.0 Å². The third-order valence-corrected chi connectivity index (χ3v) is 4.70. The number of carbonyl (C=O) groups is 4. The Labute approximate surface area is 176 Å². The molecule has 0 heterocycles. The van der Waals surface area contributed by atoms with E-state index in [1.54, 1.807) is 13.8 Å². The zero-order valence-electron chi connectivity index (χ0n) is 19.1. The molecule has 0 aromatic carbocycles.